The first-order valence-electron chi connectivity index (χ1n) is 6.33. The zero-order chi connectivity index (χ0) is 11.6. The molecule has 1 saturated heterocycles. The smallest absolute Gasteiger partial charge is 0.0543 e. The summed E-state index contributed by atoms with van der Waals surface area (Å²) in [6.45, 7) is 7.73. The molecule has 16 heavy (non-hydrogen) atoms. The van der Waals surface area contributed by atoms with Crippen LogP contribution in [-0.4, -0.2) is 22.4 Å². The minimum absolute atomic E-state index is 0.0955. The Bertz CT molecular complexity index is 329. The number of hydrogen-bond acceptors (Lipinski definition) is 2. The van der Waals surface area contributed by atoms with Crippen molar-refractivity contribution in [3.8, 4) is 0 Å². The average molecular weight is 221 g/mol. The lowest BCUT2D eigenvalue weighted by atomic mass is 9.99. The number of nitrogens with one attached hydrogen (secondary N) is 1. The van der Waals surface area contributed by atoms with E-state index in [0.717, 1.165) is 6.42 Å². The number of piperidine rings is 1. The Balaban J connectivity index is 1.97. The molecule has 0 amide bonds. The molecule has 90 valence electrons. The van der Waals surface area contributed by atoms with E-state index < -0.39 is 0 Å². The van der Waals surface area contributed by atoms with Crippen LogP contribution in [0.3, 0.4) is 0 Å². The van der Waals surface area contributed by atoms with Gasteiger partial charge in [-0.1, -0.05) is 6.42 Å². The van der Waals surface area contributed by atoms with E-state index >= 15 is 0 Å². The maximum atomic E-state index is 4.44. The molecule has 1 aliphatic rings. The summed E-state index contributed by atoms with van der Waals surface area (Å²) in [6, 6.07) is 0.659. The van der Waals surface area contributed by atoms with Crippen molar-refractivity contribution >= 4 is 0 Å². The van der Waals surface area contributed by atoms with E-state index in [1.54, 1.807) is 0 Å². The van der Waals surface area contributed by atoms with Gasteiger partial charge in [0.2, 0.25) is 0 Å². The summed E-state index contributed by atoms with van der Waals surface area (Å²) in [4.78, 5) is 0. The summed E-state index contributed by atoms with van der Waals surface area (Å²) in [6.07, 6.45) is 9.33. The Morgan fingerprint density at radius 1 is 1.44 bits per heavy atom. The quantitative estimate of drug-likeness (QED) is 0.830. The molecule has 0 aliphatic carbocycles. The minimum atomic E-state index is 0.0955. The second-order valence-electron chi connectivity index (χ2n) is 5.81. The van der Waals surface area contributed by atoms with E-state index in [0.29, 0.717) is 6.04 Å². The van der Waals surface area contributed by atoms with Crippen molar-refractivity contribution in [2.75, 3.05) is 6.54 Å². The average Bonchev–Trinajstić information content (AvgIpc) is 2.67. The van der Waals surface area contributed by atoms with Gasteiger partial charge in [-0.2, -0.15) is 5.10 Å². The third-order valence-corrected chi connectivity index (χ3v) is 3.22. The Morgan fingerprint density at radius 2 is 2.25 bits per heavy atom. The number of aromatic nitrogens is 2. The molecule has 1 atom stereocenters. The first-order chi connectivity index (χ1) is 7.55. The fourth-order valence-corrected chi connectivity index (χ4v) is 2.22. The van der Waals surface area contributed by atoms with E-state index in [9.17, 15) is 0 Å². The van der Waals surface area contributed by atoms with E-state index in [4.69, 9.17) is 0 Å². The fraction of sp³-hybridized carbons (Fsp3) is 0.769. The van der Waals surface area contributed by atoms with Crippen LogP contribution in [0.2, 0.25) is 0 Å². The highest BCUT2D eigenvalue weighted by Gasteiger charge is 2.17. The van der Waals surface area contributed by atoms with Gasteiger partial charge in [-0.3, -0.25) is 4.68 Å². The molecule has 1 aromatic rings. The fourth-order valence-electron chi connectivity index (χ4n) is 2.22. The van der Waals surface area contributed by atoms with Crippen LogP contribution in [-0.2, 0) is 12.0 Å². The molecule has 2 rings (SSSR count). The van der Waals surface area contributed by atoms with Crippen LogP contribution < -0.4 is 5.32 Å². The zero-order valence-corrected chi connectivity index (χ0v) is 10.7. The Morgan fingerprint density at radius 3 is 2.81 bits per heavy atom. The maximum Gasteiger partial charge on any atom is 0.0543 e. The molecule has 0 radical (unpaired) electrons. The van der Waals surface area contributed by atoms with Crippen molar-refractivity contribution in [2.24, 2.45) is 0 Å². The zero-order valence-electron chi connectivity index (χ0n) is 10.7. The highest BCUT2D eigenvalue weighted by atomic mass is 15.3. The molecular formula is C13H23N3. The lowest BCUT2D eigenvalue weighted by Gasteiger charge is -2.23. The van der Waals surface area contributed by atoms with Crippen LogP contribution in [0.5, 0.6) is 0 Å². The molecule has 1 N–H and O–H groups in total. The molecule has 3 nitrogen and oxygen atoms in total. The summed E-state index contributed by atoms with van der Waals surface area (Å²) >= 11 is 0. The first-order valence-corrected chi connectivity index (χ1v) is 6.33. The summed E-state index contributed by atoms with van der Waals surface area (Å²) in [5, 5.41) is 8.02. The van der Waals surface area contributed by atoms with Gasteiger partial charge in [0.05, 0.1) is 11.7 Å². The summed E-state index contributed by atoms with van der Waals surface area (Å²) < 4.78 is 2.06. The van der Waals surface area contributed by atoms with Gasteiger partial charge in [0, 0.05) is 12.2 Å². The Kier molecular flexibility index (Phi) is 3.33. The molecule has 1 aliphatic heterocycles. The van der Waals surface area contributed by atoms with Crippen LogP contribution >= 0.6 is 0 Å². The van der Waals surface area contributed by atoms with E-state index in [1.807, 2.05) is 6.20 Å². The van der Waals surface area contributed by atoms with Crippen LogP contribution in [0.1, 0.15) is 45.6 Å². The second-order valence-corrected chi connectivity index (χ2v) is 5.81. The number of nitrogens with zero attached hydrogens (tertiary/aromatic N) is 2. The SMILES string of the molecule is CC(C)(C)n1cc(CC2CCCCN2)cn1. The minimum Gasteiger partial charge on any atom is -0.314 e. The summed E-state index contributed by atoms with van der Waals surface area (Å²) in [5.74, 6) is 0. The molecular weight excluding hydrogens is 198 g/mol. The standard InChI is InChI=1S/C13H23N3/c1-13(2,3)16-10-11(9-15-16)8-12-6-4-5-7-14-12/h9-10,12,14H,4-8H2,1-3H3. The molecule has 3 heteroatoms. The van der Waals surface area contributed by atoms with Crippen LogP contribution in [0.4, 0.5) is 0 Å². The van der Waals surface area contributed by atoms with Crippen molar-refractivity contribution < 1.29 is 0 Å². The lowest BCUT2D eigenvalue weighted by molar-refractivity contribution is 0.354. The second kappa shape index (κ2) is 4.58. The highest BCUT2D eigenvalue weighted by molar-refractivity contribution is 5.07. The largest absolute Gasteiger partial charge is 0.314 e. The molecule has 0 saturated carbocycles. The molecule has 1 aromatic heterocycles. The van der Waals surface area contributed by atoms with Crippen molar-refractivity contribution in [3.63, 3.8) is 0 Å². The van der Waals surface area contributed by atoms with E-state index in [1.165, 1.54) is 31.4 Å². The van der Waals surface area contributed by atoms with Gasteiger partial charge in [-0.05, 0) is 52.1 Å². The summed E-state index contributed by atoms with van der Waals surface area (Å²) in [5.41, 5.74) is 1.45. The maximum absolute atomic E-state index is 4.44. The molecule has 2 heterocycles. The molecule has 0 spiro atoms. The lowest BCUT2D eigenvalue weighted by Crippen LogP contribution is -2.35. The number of rotatable bonds is 2. The third-order valence-electron chi connectivity index (χ3n) is 3.22. The van der Waals surface area contributed by atoms with Crippen molar-refractivity contribution in [2.45, 2.75) is 58.0 Å². The predicted octanol–water partition coefficient (Wildman–Crippen LogP) is 2.32. The van der Waals surface area contributed by atoms with Crippen LogP contribution in [0, 0.1) is 0 Å². The normalized spacial score (nSPS) is 22.3. The number of hydrogen-bond donors (Lipinski definition) is 1. The van der Waals surface area contributed by atoms with Crippen LogP contribution in [0.15, 0.2) is 12.4 Å². The Labute approximate surface area is 98.2 Å². The van der Waals surface area contributed by atoms with Gasteiger partial charge in [-0.15, -0.1) is 0 Å². The highest BCUT2D eigenvalue weighted by Crippen LogP contribution is 2.16. The third kappa shape index (κ3) is 2.85. The topological polar surface area (TPSA) is 29.9 Å². The van der Waals surface area contributed by atoms with Crippen molar-refractivity contribution in [1.29, 1.82) is 0 Å². The molecule has 0 aromatic carbocycles. The Hall–Kier alpha value is -0.830. The molecule has 1 unspecified atom stereocenters. The van der Waals surface area contributed by atoms with Crippen LogP contribution in [0.25, 0.3) is 0 Å². The van der Waals surface area contributed by atoms with E-state index in [-0.39, 0.29) is 5.54 Å². The van der Waals surface area contributed by atoms with Gasteiger partial charge in [-0.25, -0.2) is 0 Å². The van der Waals surface area contributed by atoms with Gasteiger partial charge >= 0.3 is 0 Å². The van der Waals surface area contributed by atoms with Crippen molar-refractivity contribution in [1.82, 2.24) is 15.1 Å². The first kappa shape index (κ1) is 11.6. The summed E-state index contributed by atoms with van der Waals surface area (Å²) in [7, 11) is 0. The van der Waals surface area contributed by atoms with Gasteiger partial charge in [0.1, 0.15) is 0 Å². The predicted molar refractivity (Wildman–Crippen MR) is 66.6 cm³/mol. The van der Waals surface area contributed by atoms with Gasteiger partial charge < -0.3 is 5.32 Å². The molecule has 0 bridgehead atoms. The van der Waals surface area contributed by atoms with Gasteiger partial charge in [0.15, 0.2) is 0 Å². The monoisotopic (exact) mass is 221 g/mol. The van der Waals surface area contributed by atoms with Gasteiger partial charge in [0.25, 0.3) is 0 Å². The van der Waals surface area contributed by atoms with E-state index in [2.05, 4.69) is 42.1 Å². The molecule has 1 fully saturated rings. The van der Waals surface area contributed by atoms with Crippen molar-refractivity contribution in [3.05, 3.63) is 18.0 Å².